The smallest absolute Gasteiger partial charge is 0.395 e. The molecule has 1 N–H and O–H groups in total. The van der Waals surface area contributed by atoms with Gasteiger partial charge in [0.25, 0.3) is 0 Å². The van der Waals surface area contributed by atoms with Gasteiger partial charge < -0.3 is 10.0 Å². The summed E-state index contributed by atoms with van der Waals surface area (Å²) in [5, 5.41) is 19.4. The van der Waals surface area contributed by atoms with Gasteiger partial charge in [-0.1, -0.05) is 0 Å². The van der Waals surface area contributed by atoms with Crippen molar-refractivity contribution in [2.24, 2.45) is 0 Å². The Kier molecular flexibility index (Phi) is 4.43. The molecule has 18 heavy (non-hydrogen) atoms. The summed E-state index contributed by atoms with van der Waals surface area (Å²) in [7, 11) is 0. The first-order valence-corrected chi connectivity index (χ1v) is 4.86. The van der Waals surface area contributed by atoms with Crippen LogP contribution in [-0.2, 0) is 0 Å². The Bertz CT molecular complexity index is 425. The molecular formula is C9H10F3N3O3. The van der Waals surface area contributed by atoms with Crippen molar-refractivity contribution in [3.8, 4) is 0 Å². The van der Waals surface area contributed by atoms with Crippen LogP contribution in [0.15, 0.2) is 18.5 Å². The standard InChI is InChI=1S/C9H10F3N3O3/c10-9(11,12)6-14(3-4-16)7-1-2-13-5-8(7)15(17)18/h1-2,5,16H,3-4,6H2. The van der Waals surface area contributed by atoms with Crippen LogP contribution >= 0.6 is 0 Å². The molecule has 6 nitrogen and oxygen atoms in total. The lowest BCUT2D eigenvalue weighted by Crippen LogP contribution is -2.36. The van der Waals surface area contributed by atoms with Gasteiger partial charge in [0.2, 0.25) is 0 Å². The molecule has 0 radical (unpaired) electrons. The Morgan fingerprint density at radius 3 is 2.67 bits per heavy atom. The van der Waals surface area contributed by atoms with E-state index in [9.17, 15) is 23.3 Å². The van der Waals surface area contributed by atoms with Crippen LogP contribution < -0.4 is 4.90 Å². The van der Waals surface area contributed by atoms with E-state index in [1.54, 1.807) is 0 Å². The number of nitro groups is 1. The summed E-state index contributed by atoms with van der Waals surface area (Å²) in [5.41, 5.74) is -0.753. The van der Waals surface area contributed by atoms with Crippen LogP contribution in [0.4, 0.5) is 24.5 Å². The topological polar surface area (TPSA) is 79.5 Å². The normalized spacial score (nSPS) is 11.3. The zero-order chi connectivity index (χ0) is 13.8. The molecule has 1 aromatic heterocycles. The number of alkyl halides is 3. The Labute approximate surface area is 99.8 Å². The summed E-state index contributed by atoms with van der Waals surface area (Å²) < 4.78 is 37.0. The van der Waals surface area contributed by atoms with Crippen LogP contribution in [0.5, 0.6) is 0 Å². The highest BCUT2D eigenvalue weighted by Gasteiger charge is 2.33. The first-order valence-electron chi connectivity index (χ1n) is 4.86. The molecule has 1 rings (SSSR count). The van der Waals surface area contributed by atoms with E-state index < -0.39 is 29.9 Å². The Morgan fingerprint density at radius 1 is 1.50 bits per heavy atom. The molecule has 100 valence electrons. The van der Waals surface area contributed by atoms with Crippen LogP contribution in [0.3, 0.4) is 0 Å². The number of hydrogen-bond acceptors (Lipinski definition) is 5. The third kappa shape index (κ3) is 3.84. The zero-order valence-electron chi connectivity index (χ0n) is 9.09. The van der Waals surface area contributed by atoms with Crippen molar-refractivity contribution in [2.75, 3.05) is 24.6 Å². The van der Waals surface area contributed by atoms with Crippen LogP contribution in [0, 0.1) is 10.1 Å². The number of anilines is 1. The van der Waals surface area contributed by atoms with Crippen LogP contribution in [0.2, 0.25) is 0 Å². The number of pyridine rings is 1. The van der Waals surface area contributed by atoms with Crippen molar-refractivity contribution in [3.05, 3.63) is 28.6 Å². The predicted octanol–water partition coefficient (Wildman–Crippen LogP) is 1.35. The van der Waals surface area contributed by atoms with E-state index in [0.717, 1.165) is 18.5 Å². The monoisotopic (exact) mass is 265 g/mol. The summed E-state index contributed by atoms with van der Waals surface area (Å²) >= 11 is 0. The maximum atomic E-state index is 12.3. The lowest BCUT2D eigenvalue weighted by Gasteiger charge is -2.24. The third-order valence-electron chi connectivity index (χ3n) is 2.06. The van der Waals surface area contributed by atoms with Crippen LogP contribution in [0.25, 0.3) is 0 Å². The second-order valence-electron chi connectivity index (χ2n) is 3.38. The van der Waals surface area contributed by atoms with E-state index >= 15 is 0 Å². The van der Waals surface area contributed by atoms with E-state index in [0.29, 0.717) is 4.90 Å². The molecule has 0 unspecified atom stereocenters. The number of rotatable bonds is 5. The van der Waals surface area contributed by atoms with Crippen molar-refractivity contribution in [2.45, 2.75) is 6.18 Å². The van der Waals surface area contributed by atoms with Crippen molar-refractivity contribution >= 4 is 11.4 Å². The molecule has 1 aromatic rings. The van der Waals surface area contributed by atoms with Gasteiger partial charge in [-0.2, -0.15) is 13.2 Å². The van der Waals surface area contributed by atoms with Gasteiger partial charge in [0.1, 0.15) is 18.4 Å². The first kappa shape index (κ1) is 14.2. The van der Waals surface area contributed by atoms with Gasteiger partial charge in [-0.3, -0.25) is 15.1 Å². The summed E-state index contributed by atoms with van der Waals surface area (Å²) in [6.45, 7) is -2.28. The van der Waals surface area contributed by atoms with Gasteiger partial charge in [0.15, 0.2) is 0 Å². The fraction of sp³-hybridized carbons (Fsp3) is 0.444. The van der Waals surface area contributed by atoms with Crippen LogP contribution in [0.1, 0.15) is 0 Å². The molecule has 0 saturated carbocycles. The Balaban J connectivity index is 3.09. The second kappa shape index (κ2) is 5.63. The number of aromatic nitrogens is 1. The Hall–Kier alpha value is -1.90. The molecule has 1 heterocycles. The number of nitrogens with zero attached hydrogens (tertiary/aromatic N) is 3. The zero-order valence-corrected chi connectivity index (χ0v) is 9.09. The molecule has 0 aliphatic carbocycles. The molecule has 0 spiro atoms. The molecule has 0 bridgehead atoms. The minimum atomic E-state index is -4.52. The molecule has 9 heteroatoms. The summed E-state index contributed by atoms with van der Waals surface area (Å²) in [4.78, 5) is 14.1. The predicted molar refractivity (Wildman–Crippen MR) is 56.2 cm³/mol. The average molecular weight is 265 g/mol. The minimum absolute atomic E-state index is 0.221. The van der Waals surface area contributed by atoms with Crippen LogP contribution in [-0.4, -0.2) is 40.9 Å². The molecule has 0 aliphatic rings. The van der Waals surface area contributed by atoms with E-state index in [-0.39, 0.29) is 12.2 Å². The van der Waals surface area contributed by atoms with Crippen molar-refractivity contribution in [1.29, 1.82) is 0 Å². The fourth-order valence-corrected chi connectivity index (χ4v) is 1.41. The number of halogens is 3. The van der Waals surface area contributed by atoms with Crippen molar-refractivity contribution in [1.82, 2.24) is 4.98 Å². The van der Waals surface area contributed by atoms with Gasteiger partial charge in [0, 0.05) is 12.7 Å². The SMILES string of the molecule is O=[N+]([O-])c1cnccc1N(CCO)CC(F)(F)F. The molecule has 0 atom stereocenters. The lowest BCUT2D eigenvalue weighted by atomic mass is 10.3. The second-order valence-corrected chi connectivity index (χ2v) is 3.38. The van der Waals surface area contributed by atoms with Gasteiger partial charge in [-0.25, -0.2) is 0 Å². The summed E-state index contributed by atoms with van der Waals surface area (Å²) in [6.07, 6.45) is -2.49. The molecular weight excluding hydrogens is 255 g/mol. The third-order valence-corrected chi connectivity index (χ3v) is 2.06. The largest absolute Gasteiger partial charge is 0.405 e. The van der Waals surface area contributed by atoms with Gasteiger partial charge in [-0.15, -0.1) is 0 Å². The minimum Gasteiger partial charge on any atom is -0.395 e. The van der Waals surface area contributed by atoms with E-state index in [2.05, 4.69) is 4.98 Å². The highest BCUT2D eigenvalue weighted by atomic mass is 19.4. The quantitative estimate of drug-likeness (QED) is 0.642. The number of aliphatic hydroxyl groups excluding tert-OH is 1. The average Bonchev–Trinajstić information content (AvgIpc) is 2.26. The van der Waals surface area contributed by atoms with E-state index in [4.69, 9.17) is 5.11 Å². The molecule has 0 saturated heterocycles. The first-order chi connectivity index (χ1) is 8.35. The van der Waals surface area contributed by atoms with E-state index in [1.807, 2.05) is 0 Å². The van der Waals surface area contributed by atoms with Gasteiger partial charge >= 0.3 is 11.9 Å². The molecule has 0 amide bonds. The fourth-order valence-electron chi connectivity index (χ4n) is 1.41. The van der Waals surface area contributed by atoms with Gasteiger partial charge in [0.05, 0.1) is 11.5 Å². The summed E-state index contributed by atoms with van der Waals surface area (Å²) in [6, 6.07) is 1.11. The molecule has 0 fully saturated rings. The van der Waals surface area contributed by atoms with E-state index in [1.165, 1.54) is 0 Å². The van der Waals surface area contributed by atoms with Crippen molar-refractivity contribution in [3.63, 3.8) is 0 Å². The maximum absolute atomic E-state index is 12.3. The Morgan fingerprint density at radius 2 is 2.17 bits per heavy atom. The lowest BCUT2D eigenvalue weighted by molar-refractivity contribution is -0.384. The highest BCUT2D eigenvalue weighted by molar-refractivity contribution is 5.61. The summed E-state index contributed by atoms with van der Waals surface area (Å²) in [5.74, 6) is 0. The number of aliphatic hydroxyl groups is 1. The number of hydrogen-bond donors (Lipinski definition) is 1. The van der Waals surface area contributed by atoms with Gasteiger partial charge in [-0.05, 0) is 6.07 Å². The van der Waals surface area contributed by atoms with Crippen molar-refractivity contribution < 1.29 is 23.2 Å². The highest BCUT2D eigenvalue weighted by Crippen LogP contribution is 2.29. The molecule has 0 aliphatic heterocycles. The molecule has 0 aromatic carbocycles. The maximum Gasteiger partial charge on any atom is 0.405 e.